The molecular weight excluding hydrogens is 516 g/mol. The predicted octanol–water partition coefficient (Wildman–Crippen LogP) is 8.48. The van der Waals surface area contributed by atoms with Crippen molar-refractivity contribution in [1.29, 1.82) is 0 Å². The number of allylic oxidation sites excluding steroid dienone is 2. The number of phenolic OH excluding ortho intramolecular Hbond substituents is 3. The van der Waals surface area contributed by atoms with Crippen LogP contribution in [0.15, 0.2) is 69.4 Å². The van der Waals surface area contributed by atoms with Gasteiger partial charge in [0.25, 0.3) is 0 Å². The molecular formula is C35H42O6. The minimum Gasteiger partial charge on any atom is -0.508 e. The summed E-state index contributed by atoms with van der Waals surface area (Å²) in [4.78, 5) is 13.5. The van der Waals surface area contributed by atoms with E-state index in [9.17, 15) is 20.1 Å². The smallest absolute Gasteiger partial charge is 0.239 e. The van der Waals surface area contributed by atoms with Crippen molar-refractivity contribution < 1.29 is 24.5 Å². The largest absolute Gasteiger partial charge is 0.508 e. The van der Waals surface area contributed by atoms with Crippen molar-refractivity contribution in [2.75, 3.05) is 6.61 Å². The molecule has 3 aromatic rings. The van der Waals surface area contributed by atoms with E-state index >= 15 is 0 Å². The van der Waals surface area contributed by atoms with Gasteiger partial charge in [-0.3, -0.25) is 4.79 Å². The Bertz CT molecular complexity index is 1540. The van der Waals surface area contributed by atoms with E-state index < -0.39 is 5.43 Å². The Morgan fingerprint density at radius 2 is 1.83 bits per heavy atom. The molecule has 2 aliphatic carbocycles. The third kappa shape index (κ3) is 5.49. The van der Waals surface area contributed by atoms with Gasteiger partial charge in [0.15, 0.2) is 5.76 Å². The molecule has 3 N–H and O–H groups in total. The number of rotatable bonds is 7. The first kappa shape index (κ1) is 28.8. The van der Waals surface area contributed by atoms with E-state index in [2.05, 4.69) is 34.3 Å². The predicted molar refractivity (Wildman–Crippen MR) is 162 cm³/mol. The number of hydrogen-bond donors (Lipinski definition) is 3. The summed E-state index contributed by atoms with van der Waals surface area (Å²) in [6.07, 6.45) is 10.2. The Labute approximate surface area is 242 Å². The van der Waals surface area contributed by atoms with Crippen LogP contribution in [0.1, 0.15) is 72.6 Å². The molecule has 0 unspecified atom stereocenters. The third-order valence-corrected chi connectivity index (χ3v) is 9.85. The highest BCUT2D eigenvalue weighted by Crippen LogP contribution is 2.61. The molecule has 0 radical (unpaired) electrons. The van der Waals surface area contributed by atoms with E-state index in [4.69, 9.17) is 9.15 Å². The van der Waals surface area contributed by atoms with Crippen molar-refractivity contribution in [2.45, 2.75) is 72.6 Å². The van der Waals surface area contributed by atoms with Gasteiger partial charge in [-0.25, -0.2) is 0 Å². The number of ether oxygens (including phenoxy) is 1. The van der Waals surface area contributed by atoms with Gasteiger partial charge in [0.05, 0.1) is 0 Å². The van der Waals surface area contributed by atoms with E-state index in [1.165, 1.54) is 55.0 Å². The summed E-state index contributed by atoms with van der Waals surface area (Å²) in [5.41, 5.74) is 3.26. The van der Waals surface area contributed by atoms with Crippen molar-refractivity contribution >= 4 is 11.0 Å². The monoisotopic (exact) mass is 558 g/mol. The summed E-state index contributed by atoms with van der Waals surface area (Å²) in [6, 6.07) is 8.60. The fraction of sp³-hybridized carbons (Fsp3) is 0.457. The van der Waals surface area contributed by atoms with Gasteiger partial charge in [-0.05, 0) is 98.5 Å². The van der Waals surface area contributed by atoms with Crippen LogP contribution in [0.4, 0.5) is 0 Å². The minimum atomic E-state index is -0.532. The van der Waals surface area contributed by atoms with Crippen LogP contribution in [-0.2, 0) is 0 Å². The number of hydrogen-bond acceptors (Lipinski definition) is 6. The van der Waals surface area contributed by atoms with Crippen LogP contribution in [0.5, 0.6) is 23.0 Å². The second-order valence-electron chi connectivity index (χ2n) is 13.0. The van der Waals surface area contributed by atoms with Gasteiger partial charge in [-0.2, -0.15) is 0 Å². The summed E-state index contributed by atoms with van der Waals surface area (Å²) in [5.74, 6) is 0.817. The van der Waals surface area contributed by atoms with E-state index in [0.29, 0.717) is 16.9 Å². The summed E-state index contributed by atoms with van der Waals surface area (Å²) >= 11 is 0. The standard InChI is InChI=1S/C35H42O6/c1-21(7-13-26-22(2)8-14-29-34(3,4)16-6-17-35(26,29)5)15-18-40-33-31(39)30-27(38)19-25(37)20-28(30)41-32(33)23-9-11-24(36)12-10-23/h9-12,15,19-20,26,29,36-38H,2,6-8,13-14,16-18H2,1,3-5H3/b21-15+/t26-,29-,35+/m0/s1. The molecule has 2 aromatic carbocycles. The molecule has 0 saturated heterocycles. The number of benzene rings is 2. The van der Waals surface area contributed by atoms with Gasteiger partial charge >= 0.3 is 0 Å². The lowest BCUT2D eigenvalue weighted by Crippen LogP contribution is -2.49. The summed E-state index contributed by atoms with van der Waals surface area (Å²) in [5, 5.41) is 30.0. The highest BCUT2D eigenvalue weighted by Gasteiger charge is 2.52. The Balaban J connectivity index is 1.36. The lowest BCUT2D eigenvalue weighted by atomic mass is 9.47. The fourth-order valence-corrected chi connectivity index (χ4v) is 7.75. The van der Waals surface area contributed by atoms with Crippen molar-refractivity contribution in [3.63, 3.8) is 0 Å². The maximum absolute atomic E-state index is 13.5. The molecule has 0 aliphatic heterocycles. The Morgan fingerprint density at radius 3 is 2.56 bits per heavy atom. The molecule has 3 atom stereocenters. The van der Waals surface area contributed by atoms with Crippen LogP contribution in [0, 0.1) is 22.7 Å². The third-order valence-electron chi connectivity index (χ3n) is 9.85. The average Bonchev–Trinajstić information content (AvgIpc) is 2.89. The normalized spacial score (nSPS) is 24.3. The second-order valence-corrected chi connectivity index (χ2v) is 13.0. The first-order chi connectivity index (χ1) is 19.4. The van der Waals surface area contributed by atoms with Gasteiger partial charge in [0.1, 0.15) is 34.8 Å². The lowest BCUT2D eigenvalue weighted by molar-refractivity contribution is -0.0539. The minimum absolute atomic E-state index is 0.0336. The van der Waals surface area contributed by atoms with Gasteiger partial charge in [0.2, 0.25) is 11.2 Å². The first-order valence-electron chi connectivity index (χ1n) is 14.7. The fourth-order valence-electron chi connectivity index (χ4n) is 7.75. The van der Waals surface area contributed by atoms with Crippen LogP contribution in [0.25, 0.3) is 22.3 Å². The molecule has 41 heavy (non-hydrogen) atoms. The van der Waals surface area contributed by atoms with Crippen molar-refractivity contribution in [1.82, 2.24) is 0 Å². The first-order valence-corrected chi connectivity index (χ1v) is 14.7. The Hall–Kier alpha value is -3.67. The zero-order valence-electron chi connectivity index (χ0n) is 24.6. The summed E-state index contributed by atoms with van der Waals surface area (Å²) < 4.78 is 12.0. The molecule has 2 saturated carbocycles. The molecule has 1 aromatic heterocycles. The molecule has 6 heteroatoms. The topological polar surface area (TPSA) is 100 Å². The van der Waals surface area contributed by atoms with Crippen LogP contribution in [0.2, 0.25) is 0 Å². The molecule has 218 valence electrons. The SMILES string of the molecule is C=C1CC[C@H]2C(C)(C)CCC[C@]2(C)[C@H]1CC/C(C)=C/COc1c(-c2ccc(O)cc2)oc2cc(O)cc(O)c2c1=O. The zero-order chi connectivity index (χ0) is 29.5. The molecule has 1 heterocycles. The average molecular weight is 559 g/mol. The zero-order valence-corrected chi connectivity index (χ0v) is 24.6. The molecule has 0 bridgehead atoms. The Morgan fingerprint density at radius 1 is 1.10 bits per heavy atom. The lowest BCUT2D eigenvalue weighted by Gasteiger charge is -2.58. The molecule has 6 nitrogen and oxygen atoms in total. The second kappa shape index (κ2) is 11.0. The van der Waals surface area contributed by atoms with Crippen molar-refractivity contribution in [3.8, 4) is 34.3 Å². The quantitative estimate of drug-likeness (QED) is 0.252. The summed E-state index contributed by atoms with van der Waals surface area (Å²) in [7, 11) is 0. The number of phenols is 3. The van der Waals surface area contributed by atoms with Gasteiger partial charge in [0, 0.05) is 17.7 Å². The van der Waals surface area contributed by atoms with Gasteiger partial charge in [-0.1, -0.05) is 44.9 Å². The van der Waals surface area contributed by atoms with Crippen LogP contribution in [-0.4, -0.2) is 21.9 Å². The van der Waals surface area contributed by atoms with Crippen molar-refractivity contribution in [3.05, 3.63) is 70.4 Å². The Kier molecular flexibility index (Phi) is 7.71. The highest BCUT2D eigenvalue weighted by atomic mass is 16.5. The molecule has 0 amide bonds. The van der Waals surface area contributed by atoms with Crippen LogP contribution in [0.3, 0.4) is 0 Å². The number of aromatic hydroxyl groups is 3. The maximum Gasteiger partial charge on any atom is 0.239 e. The van der Waals surface area contributed by atoms with Crippen LogP contribution < -0.4 is 10.2 Å². The molecule has 2 fully saturated rings. The maximum atomic E-state index is 13.5. The molecule has 5 rings (SSSR count). The summed E-state index contributed by atoms with van der Waals surface area (Å²) in [6.45, 7) is 14.1. The van der Waals surface area contributed by atoms with Crippen LogP contribution >= 0.6 is 0 Å². The van der Waals surface area contributed by atoms with E-state index in [-0.39, 0.29) is 51.7 Å². The van der Waals surface area contributed by atoms with E-state index in [1.807, 2.05) is 6.08 Å². The highest BCUT2D eigenvalue weighted by molar-refractivity contribution is 5.88. The molecule has 2 aliphatic rings. The van der Waals surface area contributed by atoms with Gasteiger partial charge in [-0.15, -0.1) is 0 Å². The van der Waals surface area contributed by atoms with Gasteiger partial charge < -0.3 is 24.5 Å². The number of fused-ring (bicyclic) bond motifs is 2. The van der Waals surface area contributed by atoms with E-state index in [0.717, 1.165) is 31.2 Å². The molecule has 0 spiro atoms. The van der Waals surface area contributed by atoms with E-state index in [1.54, 1.807) is 12.1 Å². The van der Waals surface area contributed by atoms with Crippen molar-refractivity contribution in [2.24, 2.45) is 22.7 Å².